The predicted molar refractivity (Wildman–Crippen MR) is 126 cm³/mol. The molecule has 0 bridgehead atoms. The molecule has 0 aliphatic carbocycles. The molecule has 0 saturated heterocycles. The second-order valence-corrected chi connectivity index (χ2v) is 7.72. The molecule has 0 fully saturated rings. The molecule has 0 saturated carbocycles. The van der Waals surface area contributed by atoms with Crippen molar-refractivity contribution in [1.29, 1.82) is 0 Å². The van der Waals surface area contributed by atoms with Gasteiger partial charge in [-0.3, -0.25) is 18.7 Å². The Bertz CT molecular complexity index is 1220. The van der Waals surface area contributed by atoms with Crippen molar-refractivity contribution in [3.05, 3.63) is 50.2 Å². The third-order valence-corrected chi connectivity index (χ3v) is 4.89. The van der Waals surface area contributed by atoms with Gasteiger partial charge < -0.3 is 24.7 Å². The number of ketones is 1. The van der Waals surface area contributed by atoms with Gasteiger partial charge in [0.15, 0.2) is 18.1 Å². The van der Waals surface area contributed by atoms with Crippen LogP contribution in [0.1, 0.15) is 29.8 Å². The van der Waals surface area contributed by atoms with Gasteiger partial charge in [0, 0.05) is 31.3 Å². The van der Waals surface area contributed by atoms with Gasteiger partial charge in [-0.1, -0.05) is 13.8 Å². The standard InChI is InChI=1S/C23H29N3O8/c1-13(2)11-26-21(24)20(22(29)25(3)23(26)30)15(27)12-34-19(28)8-7-14-9-17(32-5)18(33-6)10-16(14)31-4/h7-10,13H,11-12,24H2,1-6H3/b8-7+. The van der Waals surface area contributed by atoms with Crippen LogP contribution in [0.3, 0.4) is 0 Å². The lowest BCUT2D eigenvalue weighted by atomic mass is 10.1. The molecule has 0 aliphatic rings. The zero-order valence-corrected chi connectivity index (χ0v) is 20.0. The van der Waals surface area contributed by atoms with E-state index < -0.39 is 35.2 Å². The first-order valence-corrected chi connectivity index (χ1v) is 10.3. The highest BCUT2D eigenvalue weighted by Crippen LogP contribution is 2.35. The summed E-state index contributed by atoms with van der Waals surface area (Å²) in [4.78, 5) is 49.7. The number of nitrogens with two attached hydrogens (primary N) is 1. The SMILES string of the molecule is COc1cc(OC)c(OC)cc1/C=C/C(=O)OCC(=O)c1c(N)n(CC(C)C)c(=O)n(C)c1=O. The lowest BCUT2D eigenvalue weighted by Crippen LogP contribution is -2.43. The van der Waals surface area contributed by atoms with Crippen molar-refractivity contribution in [2.24, 2.45) is 13.0 Å². The first-order valence-electron chi connectivity index (χ1n) is 10.3. The summed E-state index contributed by atoms with van der Waals surface area (Å²) in [5.41, 5.74) is 4.58. The molecule has 11 nitrogen and oxygen atoms in total. The Balaban J connectivity index is 2.23. The summed E-state index contributed by atoms with van der Waals surface area (Å²) in [5, 5.41) is 0. The summed E-state index contributed by atoms with van der Waals surface area (Å²) in [6.07, 6.45) is 2.52. The van der Waals surface area contributed by atoms with Gasteiger partial charge in [0.25, 0.3) is 5.56 Å². The Morgan fingerprint density at radius 2 is 1.62 bits per heavy atom. The predicted octanol–water partition coefficient (Wildman–Crippen LogP) is 1.25. The van der Waals surface area contributed by atoms with Gasteiger partial charge in [0.1, 0.15) is 17.1 Å². The lowest BCUT2D eigenvalue weighted by molar-refractivity contribution is -0.136. The first-order chi connectivity index (χ1) is 16.0. The average molecular weight is 475 g/mol. The summed E-state index contributed by atoms with van der Waals surface area (Å²) < 4.78 is 22.7. The van der Waals surface area contributed by atoms with E-state index in [-0.39, 0.29) is 18.3 Å². The van der Waals surface area contributed by atoms with E-state index in [4.69, 9.17) is 24.7 Å². The van der Waals surface area contributed by atoms with Gasteiger partial charge in [0.2, 0.25) is 5.78 Å². The number of aromatic nitrogens is 2. The molecular formula is C23H29N3O8. The minimum atomic E-state index is -0.853. The Labute approximate surface area is 196 Å². The number of ether oxygens (including phenoxy) is 4. The summed E-state index contributed by atoms with van der Waals surface area (Å²) in [5.74, 6) is -0.582. The largest absolute Gasteiger partial charge is 0.496 e. The number of esters is 1. The lowest BCUT2D eigenvalue weighted by Gasteiger charge is -2.16. The van der Waals surface area contributed by atoms with E-state index in [1.807, 2.05) is 13.8 Å². The topological polar surface area (TPSA) is 141 Å². The van der Waals surface area contributed by atoms with Crippen molar-refractivity contribution >= 4 is 23.6 Å². The number of benzene rings is 1. The second-order valence-electron chi connectivity index (χ2n) is 7.72. The zero-order chi connectivity index (χ0) is 25.6. The Morgan fingerprint density at radius 3 is 2.18 bits per heavy atom. The van der Waals surface area contributed by atoms with Crippen LogP contribution in [0.4, 0.5) is 5.82 Å². The number of anilines is 1. The van der Waals surface area contributed by atoms with Gasteiger partial charge in [-0.2, -0.15) is 0 Å². The fraction of sp³-hybridized carbons (Fsp3) is 0.391. The quantitative estimate of drug-likeness (QED) is 0.305. The molecule has 1 aromatic carbocycles. The van der Waals surface area contributed by atoms with Crippen LogP contribution in [0.15, 0.2) is 27.8 Å². The first kappa shape index (κ1) is 26.2. The van der Waals surface area contributed by atoms with E-state index in [0.29, 0.717) is 22.8 Å². The molecule has 184 valence electrons. The van der Waals surface area contributed by atoms with E-state index in [9.17, 15) is 19.2 Å². The molecule has 0 aliphatic heterocycles. The summed E-state index contributed by atoms with van der Waals surface area (Å²) in [6.45, 7) is 3.21. The molecule has 0 atom stereocenters. The van der Waals surface area contributed by atoms with Gasteiger partial charge in [0.05, 0.1) is 21.3 Å². The summed E-state index contributed by atoms with van der Waals surface area (Å²) in [6, 6.07) is 3.20. The monoisotopic (exact) mass is 475 g/mol. The van der Waals surface area contributed by atoms with Crippen LogP contribution in [-0.2, 0) is 23.1 Å². The molecule has 34 heavy (non-hydrogen) atoms. The number of carbonyl (C=O) groups is 2. The van der Waals surface area contributed by atoms with Crippen LogP contribution in [0.5, 0.6) is 17.2 Å². The van der Waals surface area contributed by atoms with E-state index in [1.165, 1.54) is 34.5 Å². The van der Waals surface area contributed by atoms with Crippen molar-refractivity contribution in [3.8, 4) is 17.2 Å². The Hall–Kier alpha value is -4.02. The molecular weight excluding hydrogens is 446 g/mol. The minimum absolute atomic E-state index is 0.0389. The molecule has 2 rings (SSSR count). The van der Waals surface area contributed by atoms with E-state index in [0.717, 1.165) is 15.2 Å². The molecule has 0 amide bonds. The summed E-state index contributed by atoms with van der Waals surface area (Å²) >= 11 is 0. The summed E-state index contributed by atoms with van der Waals surface area (Å²) in [7, 11) is 5.66. The van der Waals surface area contributed by atoms with Crippen LogP contribution < -0.4 is 31.2 Å². The maximum atomic E-state index is 12.7. The fourth-order valence-corrected chi connectivity index (χ4v) is 3.18. The number of hydrogen-bond acceptors (Lipinski definition) is 9. The molecule has 0 spiro atoms. The average Bonchev–Trinajstić information content (AvgIpc) is 2.81. The number of methoxy groups -OCH3 is 3. The van der Waals surface area contributed by atoms with E-state index in [1.54, 1.807) is 12.1 Å². The maximum Gasteiger partial charge on any atom is 0.332 e. The van der Waals surface area contributed by atoms with Crippen molar-refractivity contribution in [3.63, 3.8) is 0 Å². The smallest absolute Gasteiger partial charge is 0.332 e. The Kier molecular flexibility index (Phi) is 8.65. The molecule has 2 N–H and O–H groups in total. The van der Waals surface area contributed by atoms with Gasteiger partial charge in [-0.25, -0.2) is 9.59 Å². The molecule has 1 aromatic heterocycles. The highest BCUT2D eigenvalue weighted by atomic mass is 16.5. The highest BCUT2D eigenvalue weighted by Gasteiger charge is 2.22. The second kappa shape index (κ2) is 11.2. The third-order valence-electron chi connectivity index (χ3n) is 4.89. The van der Waals surface area contributed by atoms with Crippen LogP contribution in [0.25, 0.3) is 6.08 Å². The van der Waals surface area contributed by atoms with E-state index in [2.05, 4.69) is 0 Å². The van der Waals surface area contributed by atoms with Crippen LogP contribution in [0.2, 0.25) is 0 Å². The van der Waals surface area contributed by atoms with Gasteiger partial charge >= 0.3 is 11.7 Å². The van der Waals surface area contributed by atoms with Crippen molar-refractivity contribution in [1.82, 2.24) is 9.13 Å². The van der Waals surface area contributed by atoms with Crippen LogP contribution in [-0.4, -0.2) is 48.8 Å². The number of carbonyl (C=O) groups excluding carboxylic acids is 2. The normalized spacial score (nSPS) is 11.0. The maximum absolute atomic E-state index is 12.7. The van der Waals surface area contributed by atoms with E-state index >= 15 is 0 Å². The molecule has 11 heteroatoms. The van der Waals surface area contributed by atoms with Crippen molar-refractivity contribution < 1.29 is 28.5 Å². The number of hydrogen-bond donors (Lipinski definition) is 1. The molecule has 1 heterocycles. The van der Waals surface area contributed by atoms with Crippen molar-refractivity contribution in [2.45, 2.75) is 20.4 Å². The zero-order valence-electron chi connectivity index (χ0n) is 20.0. The number of nitrogen functional groups attached to an aromatic ring is 1. The molecule has 0 unspecified atom stereocenters. The van der Waals surface area contributed by atoms with Crippen LogP contribution >= 0.6 is 0 Å². The van der Waals surface area contributed by atoms with Gasteiger partial charge in [-0.15, -0.1) is 0 Å². The van der Waals surface area contributed by atoms with Crippen LogP contribution in [0, 0.1) is 5.92 Å². The number of rotatable bonds is 10. The van der Waals surface area contributed by atoms with Gasteiger partial charge in [-0.05, 0) is 18.1 Å². The fourth-order valence-electron chi connectivity index (χ4n) is 3.18. The third kappa shape index (κ3) is 5.66. The Morgan fingerprint density at radius 1 is 1.03 bits per heavy atom. The minimum Gasteiger partial charge on any atom is -0.496 e. The molecule has 0 radical (unpaired) electrons. The number of Topliss-reactive ketones (excluding diaryl/α,β-unsaturated/α-hetero) is 1. The molecule has 2 aromatic rings. The highest BCUT2D eigenvalue weighted by molar-refractivity contribution is 6.02. The number of nitrogens with zero attached hydrogens (tertiary/aromatic N) is 2. The van der Waals surface area contributed by atoms with Crippen molar-refractivity contribution in [2.75, 3.05) is 33.7 Å².